The fourth-order valence-electron chi connectivity index (χ4n) is 0.663. The highest BCUT2D eigenvalue weighted by molar-refractivity contribution is 5.90. The number of rotatable bonds is 3. The maximum Gasteiger partial charge on any atom is 0.336 e. The van der Waals surface area contributed by atoms with E-state index < -0.39 is 0 Å². The molecule has 0 aromatic carbocycles. The first kappa shape index (κ1) is 9.06. The Hall–Kier alpha value is -2.03. The molecule has 0 aliphatic heterocycles. The minimum Gasteiger partial charge on any atom is -0.466 e. The van der Waals surface area contributed by atoms with Gasteiger partial charge >= 0.3 is 6.01 Å². The van der Waals surface area contributed by atoms with Crippen molar-refractivity contribution in [2.24, 2.45) is 0 Å². The zero-order valence-electron chi connectivity index (χ0n) is 7.00. The van der Waals surface area contributed by atoms with E-state index >= 15 is 0 Å². The van der Waals surface area contributed by atoms with Crippen LogP contribution in [-0.4, -0.2) is 28.2 Å². The third kappa shape index (κ3) is 2.48. The largest absolute Gasteiger partial charge is 0.466 e. The van der Waals surface area contributed by atoms with Crippen LogP contribution >= 0.6 is 0 Å². The molecule has 0 unspecified atom stereocenters. The summed E-state index contributed by atoms with van der Waals surface area (Å²) >= 11 is 0. The number of carbonyl (C=O) groups excluding carboxylic acids is 1. The van der Waals surface area contributed by atoms with Gasteiger partial charge in [0.1, 0.15) is 0 Å². The van der Waals surface area contributed by atoms with E-state index in [-0.39, 0.29) is 24.3 Å². The van der Waals surface area contributed by atoms with Crippen LogP contribution in [0.2, 0.25) is 0 Å². The minimum absolute atomic E-state index is 0.00299. The standard InChI is InChI=1S/C7H8N4O2/c1-3-4-5(12)8-6-9-7(13-2)11-10-6/h1H,4H2,2H3,(H2,8,9,10,11,12). The van der Waals surface area contributed by atoms with Crippen molar-refractivity contribution in [2.75, 3.05) is 12.4 Å². The Morgan fingerprint density at radius 1 is 1.85 bits per heavy atom. The lowest BCUT2D eigenvalue weighted by Gasteiger charge is -1.94. The molecule has 68 valence electrons. The lowest BCUT2D eigenvalue weighted by Crippen LogP contribution is -2.11. The number of amides is 1. The molecule has 0 radical (unpaired) electrons. The van der Waals surface area contributed by atoms with Crippen LogP contribution in [0.4, 0.5) is 5.95 Å². The maximum atomic E-state index is 10.9. The van der Waals surface area contributed by atoms with Gasteiger partial charge in [0.25, 0.3) is 0 Å². The molecule has 1 aromatic heterocycles. The average molecular weight is 180 g/mol. The molecule has 0 spiro atoms. The monoisotopic (exact) mass is 180 g/mol. The van der Waals surface area contributed by atoms with Crippen molar-refractivity contribution in [1.82, 2.24) is 15.2 Å². The molecule has 1 rings (SSSR count). The van der Waals surface area contributed by atoms with Crippen molar-refractivity contribution < 1.29 is 9.53 Å². The molecule has 0 aliphatic rings. The first-order valence-electron chi connectivity index (χ1n) is 3.46. The molecule has 2 N–H and O–H groups in total. The summed E-state index contributed by atoms with van der Waals surface area (Å²) in [6.45, 7) is 0. The summed E-state index contributed by atoms with van der Waals surface area (Å²) in [4.78, 5) is 14.7. The van der Waals surface area contributed by atoms with Gasteiger partial charge in [-0.2, -0.15) is 4.98 Å². The molecule has 0 aliphatic carbocycles. The van der Waals surface area contributed by atoms with Gasteiger partial charge in [-0.15, -0.1) is 11.5 Å². The van der Waals surface area contributed by atoms with Gasteiger partial charge < -0.3 is 4.74 Å². The smallest absolute Gasteiger partial charge is 0.336 e. The Morgan fingerprint density at radius 3 is 3.15 bits per heavy atom. The normalized spacial score (nSPS) is 8.92. The van der Waals surface area contributed by atoms with E-state index in [1.54, 1.807) is 0 Å². The molecule has 0 fully saturated rings. The Balaban J connectivity index is 2.55. The number of carbonyl (C=O) groups is 1. The van der Waals surface area contributed by atoms with E-state index in [0.29, 0.717) is 0 Å². The van der Waals surface area contributed by atoms with Crippen LogP contribution in [0.1, 0.15) is 6.42 Å². The third-order valence-corrected chi connectivity index (χ3v) is 1.17. The Bertz CT molecular complexity index is 339. The molecule has 13 heavy (non-hydrogen) atoms. The second kappa shape index (κ2) is 4.11. The highest BCUT2D eigenvalue weighted by Crippen LogP contribution is 2.04. The quantitative estimate of drug-likeness (QED) is 0.630. The molecule has 1 amide bonds. The summed E-state index contributed by atoms with van der Waals surface area (Å²) in [5, 5.41) is 8.49. The highest BCUT2D eigenvalue weighted by atomic mass is 16.5. The van der Waals surface area contributed by atoms with Crippen molar-refractivity contribution in [3.05, 3.63) is 0 Å². The number of aromatic nitrogens is 3. The van der Waals surface area contributed by atoms with Crippen LogP contribution in [0.5, 0.6) is 6.01 Å². The topological polar surface area (TPSA) is 79.9 Å². The van der Waals surface area contributed by atoms with Crippen LogP contribution in [0.3, 0.4) is 0 Å². The third-order valence-electron chi connectivity index (χ3n) is 1.17. The summed E-state index contributed by atoms with van der Waals surface area (Å²) in [6.07, 6.45) is 4.94. The summed E-state index contributed by atoms with van der Waals surface area (Å²) in [6, 6.07) is 0.163. The van der Waals surface area contributed by atoms with Crippen LogP contribution in [-0.2, 0) is 4.79 Å². The molecule has 1 aromatic rings. The molecule has 0 saturated heterocycles. The summed E-state index contributed by atoms with van der Waals surface area (Å²) < 4.78 is 4.69. The minimum atomic E-state index is -0.318. The van der Waals surface area contributed by atoms with Crippen molar-refractivity contribution >= 4 is 11.9 Å². The number of nitrogens with one attached hydrogen (secondary N) is 2. The van der Waals surface area contributed by atoms with E-state index in [2.05, 4.69) is 26.4 Å². The Kier molecular flexibility index (Phi) is 2.87. The maximum absolute atomic E-state index is 10.9. The van der Waals surface area contributed by atoms with Gasteiger partial charge in [0, 0.05) is 0 Å². The highest BCUT2D eigenvalue weighted by Gasteiger charge is 2.05. The molecular formula is C7H8N4O2. The number of hydrogen-bond acceptors (Lipinski definition) is 4. The Morgan fingerprint density at radius 2 is 2.62 bits per heavy atom. The molecule has 0 atom stereocenters. The molecule has 0 bridgehead atoms. The van der Waals surface area contributed by atoms with Crippen molar-refractivity contribution in [3.63, 3.8) is 0 Å². The summed E-state index contributed by atoms with van der Waals surface area (Å²) in [5.74, 6) is 2.10. The van der Waals surface area contributed by atoms with E-state index in [1.807, 2.05) is 0 Å². The second-order valence-electron chi connectivity index (χ2n) is 2.10. The van der Waals surface area contributed by atoms with Gasteiger partial charge in [0.15, 0.2) is 0 Å². The number of anilines is 1. The number of methoxy groups -OCH3 is 1. The van der Waals surface area contributed by atoms with Gasteiger partial charge in [0.05, 0.1) is 13.5 Å². The van der Waals surface area contributed by atoms with Gasteiger partial charge in [-0.05, 0) is 0 Å². The number of nitrogens with zero attached hydrogens (tertiary/aromatic N) is 2. The number of aromatic amines is 1. The van der Waals surface area contributed by atoms with Crippen molar-refractivity contribution in [2.45, 2.75) is 6.42 Å². The molecule has 6 heteroatoms. The molecular weight excluding hydrogens is 172 g/mol. The van der Waals surface area contributed by atoms with Crippen LogP contribution < -0.4 is 10.1 Å². The van der Waals surface area contributed by atoms with Crippen LogP contribution in [0, 0.1) is 12.3 Å². The number of hydrogen-bond donors (Lipinski definition) is 2. The van der Waals surface area contributed by atoms with Gasteiger partial charge in [-0.3, -0.25) is 10.1 Å². The molecule has 1 heterocycles. The number of terminal acetylenes is 1. The second-order valence-corrected chi connectivity index (χ2v) is 2.10. The first-order valence-corrected chi connectivity index (χ1v) is 3.46. The zero-order valence-corrected chi connectivity index (χ0v) is 7.00. The average Bonchev–Trinajstić information content (AvgIpc) is 2.52. The van der Waals surface area contributed by atoms with Crippen LogP contribution in [0.25, 0.3) is 0 Å². The number of H-pyrrole nitrogens is 1. The SMILES string of the molecule is C#CCC(=O)Nc1nc(OC)n[nH]1. The van der Waals surface area contributed by atoms with Gasteiger partial charge in [-0.1, -0.05) is 5.92 Å². The fraction of sp³-hybridized carbons (Fsp3) is 0.286. The lowest BCUT2D eigenvalue weighted by molar-refractivity contribution is -0.115. The van der Waals surface area contributed by atoms with E-state index in [0.717, 1.165) is 0 Å². The molecule has 0 saturated carbocycles. The van der Waals surface area contributed by atoms with E-state index in [4.69, 9.17) is 11.2 Å². The van der Waals surface area contributed by atoms with Gasteiger partial charge in [0.2, 0.25) is 11.9 Å². The van der Waals surface area contributed by atoms with Crippen LogP contribution in [0.15, 0.2) is 0 Å². The lowest BCUT2D eigenvalue weighted by atomic mass is 10.4. The van der Waals surface area contributed by atoms with Gasteiger partial charge in [-0.25, -0.2) is 5.10 Å². The summed E-state index contributed by atoms with van der Waals surface area (Å²) in [5.41, 5.74) is 0. The van der Waals surface area contributed by atoms with E-state index in [9.17, 15) is 4.79 Å². The number of ether oxygens (including phenoxy) is 1. The Labute approximate surface area is 74.7 Å². The predicted molar refractivity (Wildman–Crippen MR) is 45.0 cm³/mol. The summed E-state index contributed by atoms with van der Waals surface area (Å²) in [7, 11) is 1.43. The predicted octanol–water partition coefficient (Wildman–Crippen LogP) is -0.225. The molecule has 6 nitrogen and oxygen atoms in total. The van der Waals surface area contributed by atoms with E-state index in [1.165, 1.54) is 7.11 Å². The zero-order chi connectivity index (χ0) is 9.68. The fourth-order valence-corrected chi connectivity index (χ4v) is 0.663. The van der Waals surface area contributed by atoms with Crippen molar-refractivity contribution in [1.29, 1.82) is 0 Å². The van der Waals surface area contributed by atoms with Crippen molar-refractivity contribution in [3.8, 4) is 18.4 Å². The first-order chi connectivity index (χ1) is 6.26.